The predicted octanol–water partition coefficient (Wildman–Crippen LogP) is 0.640. The Bertz CT molecular complexity index is 500. The van der Waals surface area contributed by atoms with Crippen LogP contribution in [-0.4, -0.2) is 55.1 Å². The highest BCUT2D eigenvalue weighted by Gasteiger charge is 2.16. The van der Waals surface area contributed by atoms with Gasteiger partial charge in [-0.15, -0.1) is 0 Å². The number of piperazine rings is 1. The first-order valence-electron chi connectivity index (χ1n) is 7.67. The number of anilines is 1. The number of fused-ring (bicyclic) bond motifs is 1. The molecule has 2 aliphatic rings. The molecule has 1 aromatic rings. The normalized spacial score (nSPS) is 19.0. The Balaban J connectivity index is 1.45. The van der Waals surface area contributed by atoms with Crippen molar-refractivity contribution in [3.63, 3.8) is 0 Å². The molecule has 3 heterocycles. The number of carbonyl (C=O) groups is 1. The number of rotatable bonds is 5. The summed E-state index contributed by atoms with van der Waals surface area (Å²) in [6, 6.07) is 3.88. The van der Waals surface area contributed by atoms with Crippen LogP contribution in [0.2, 0.25) is 0 Å². The molecule has 0 radical (unpaired) electrons. The predicted molar refractivity (Wildman–Crippen MR) is 80.6 cm³/mol. The molecule has 0 bridgehead atoms. The number of nitrogens with zero attached hydrogens (tertiary/aromatic N) is 2. The first kappa shape index (κ1) is 14.3. The van der Waals surface area contributed by atoms with Gasteiger partial charge in [0.1, 0.15) is 5.82 Å². The van der Waals surface area contributed by atoms with Gasteiger partial charge in [-0.25, -0.2) is 0 Å². The van der Waals surface area contributed by atoms with Crippen molar-refractivity contribution in [1.29, 1.82) is 0 Å². The van der Waals surface area contributed by atoms with Gasteiger partial charge in [0.15, 0.2) is 0 Å². The standard InChI is InChI=1S/C15H22N4O2/c20-13-4-2-12-3-5-14(18-15(12)17-13)21-11-1-8-19-9-6-16-7-10-19/h3,5,16H,1-2,4,6-11H2,(H,17,18,20). The monoisotopic (exact) mass is 290 g/mol. The van der Waals surface area contributed by atoms with Gasteiger partial charge in [0, 0.05) is 45.2 Å². The first-order valence-corrected chi connectivity index (χ1v) is 7.67. The molecule has 2 aliphatic heterocycles. The van der Waals surface area contributed by atoms with E-state index < -0.39 is 0 Å². The van der Waals surface area contributed by atoms with E-state index in [1.165, 1.54) is 0 Å². The first-order chi connectivity index (χ1) is 10.3. The average molecular weight is 290 g/mol. The van der Waals surface area contributed by atoms with Crippen LogP contribution in [0, 0.1) is 0 Å². The van der Waals surface area contributed by atoms with Crippen LogP contribution in [0.25, 0.3) is 0 Å². The van der Waals surface area contributed by atoms with E-state index in [0.717, 1.165) is 51.1 Å². The third-order valence-electron chi connectivity index (χ3n) is 3.91. The SMILES string of the molecule is O=C1CCc2ccc(OCCCN3CCNCC3)nc2N1. The molecule has 114 valence electrons. The van der Waals surface area contributed by atoms with Crippen molar-refractivity contribution in [1.82, 2.24) is 15.2 Å². The van der Waals surface area contributed by atoms with Crippen LogP contribution in [0.4, 0.5) is 5.82 Å². The molecule has 0 aromatic carbocycles. The molecule has 2 N–H and O–H groups in total. The van der Waals surface area contributed by atoms with Crippen LogP contribution >= 0.6 is 0 Å². The maximum absolute atomic E-state index is 11.4. The lowest BCUT2D eigenvalue weighted by molar-refractivity contribution is -0.116. The molecule has 1 saturated heterocycles. The van der Waals surface area contributed by atoms with Crippen molar-refractivity contribution >= 4 is 11.7 Å². The molecule has 0 atom stereocenters. The summed E-state index contributed by atoms with van der Waals surface area (Å²) in [5.74, 6) is 1.29. The van der Waals surface area contributed by atoms with Gasteiger partial charge in [0.2, 0.25) is 11.8 Å². The zero-order valence-electron chi connectivity index (χ0n) is 12.2. The van der Waals surface area contributed by atoms with Crippen molar-refractivity contribution < 1.29 is 9.53 Å². The van der Waals surface area contributed by atoms with E-state index in [1.54, 1.807) is 0 Å². The van der Waals surface area contributed by atoms with Crippen LogP contribution in [0.5, 0.6) is 5.88 Å². The topological polar surface area (TPSA) is 66.5 Å². The number of hydrogen-bond acceptors (Lipinski definition) is 5. The summed E-state index contributed by atoms with van der Waals surface area (Å²) in [5, 5.41) is 6.14. The zero-order valence-corrected chi connectivity index (χ0v) is 12.2. The van der Waals surface area contributed by atoms with Gasteiger partial charge in [-0.1, -0.05) is 0 Å². The molecule has 1 aromatic heterocycles. The van der Waals surface area contributed by atoms with E-state index in [0.29, 0.717) is 24.7 Å². The highest BCUT2D eigenvalue weighted by molar-refractivity contribution is 5.92. The Labute approximate surface area is 124 Å². The highest BCUT2D eigenvalue weighted by Crippen LogP contribution is 2.23. The van der Waals surface area contributed by atoms with Gasteiger partial charge in [-0.3, -0.25) is 4.79 Å². The van der Waals surface area contributed by atoms with E-state index >= 15 is 0 Å². The zero-order chi connectivity index (χ0) is 14.5. The smallest absolute Gasteiger partial charge is 0.225 e. The van der Waals surface area contributed by atoms with E-state index in [-0.39, 0.29) is 5.91 Å². The van der Waals surface area contributed by atoms with E-state index in [9.17, 15) is 4.79 Å². The molecular formula is C15H22N4O2. The van der Waals surface area contributed by atoms with Gasteiger partial charge in [-0.2, -0.15) is 4.98 Å². The maximum atomic E-state index is 11.4. The number of nitrogens with one attached hydrogen (secondary N) is 2. The lowest BCUT2D eigenvalue weighted by Crippen LogP contribution is -2.43. The summed E-state index contributed by atoms with van der Waals surface area (Å²) < 4.78 is 5.69. The Morgan fingerprint density at radius 3 is 2.95 bits per heavy atom. The number of ether oxygens (including phenoxy) is 1. The Morgan fingerprint density at radius 1 is 1.24 bits per heavy atom. The van der Waals surface area contributed by atoms with Crippen molar-refractivity contribution in [2.24, 2.45) is 0 Å². The Kier molecular flexibility index (Phi) is 4.67. The third kappa shape index (κ3) is 3.92. The second-order valence-electron chi connectivity index (χ2n) is 5.50. The van der Waals surface area contributed by atoms with Crippen molar-refractivity contribution in [3.8, 4) is 5.88 Å². The quantitative estimate of drug-likeness (QED) is 0.779. The van der Waals surface area contributed by atoms with Gasteiger partial charge < -0.3 is 20.3 Å². The van der Waals surface area contributed by atoms with Crippen LogP contribution < -0.4 is 15.4 Å². The van der Waals surface area contributed by atoms with Gasteiger partial charge >= 0.3 is 0 Å². The van der Waals surface area contributed by atoms with Gasteiger partial charge in [0.25, 0.3) is 0 Å². The van der Waals surface area contributed by atoms with E-state index in [1.807, 2.05) is 12.1 Å². The fraction of sp³-hybridized carbons (Fsp3) is 0.600. The van der Waals surface area contributed by atoms with Crippen LogP contribution in [0.15, 0.2) is 12.1 Å². The van der Waals surface area contributed by atoms with Crippen molar-refractivity contribution in [2.75, 3.05) is 44.6 Å². The summed E-state index contributed by atoms with van der Waals surface area (Å²) in [6.07, 6.45) is 2.29. The number of aryl methyl sites for hydroxylation is 1. The van der Waals surface area contributed by atoms with Gasteiger partial charge in [0.05, 0.1) is 6.61 Å². The van der Waals surface area contributed by atoms with E-state index in [4.69, 9.17) is 4.74 Å². The van der Waals surface area contributed by atoms with E-state index in [2.05, 4.69) is 20.5 Å². The van der Waals surface area contributed by atoms with Crippen LogP contribution in [0.3, 0.4) is 0 Å². The van der Waals surface area contributed by atoms with Crippen LogP contribution in [-0.2, 0) is 11.2 Å². The summed E-state index contributed by atoms with van der Waals surface area (Å²) in [6.45, 7) is 6.10. The van der Waals surface area contributed by atoms with Crippen molar-refractivity contribution in [2.45, 2.75) is 19.3 Å². The molecule has 0 saturated carbocycles. The minimum absolute atomic E-state index is 0.0332. The average Bonchev–Trinajstić information content (AvgIpc) is 2.52. The highest BCUT2D eigenvalue weighted by atomic mass is 16.5. The van der Waals surface area contributed by atoms with Crippen LogP contribution in [0.1, 0.15) is 18.4 Å². The number of pyridine rings is 1. The Hall–Kier alpha value is -1.66. The summed E-state index contributed by atoms with van der Waals surface area (Å²) >= 11 is 0. The number of amides is 1. The summed E-state index contributed by atoms with van der Waals surface area (Å²) in [5.41, 5.74) is 1.09. The molecule has 1 fully saturated rings. The van der Waals surface area contributed by atoms with Crippen molar-refractivity contribution in [3.05, 3.63) is 17.7 Å². The molecule has 0 aliphatic carbocycles. The fourth-order valence-electron chi connectivity index (χ4n) is 2.70. The second-order valence-corrected chi connectivity index (χ2v) is 5.50. The lowest BCUT2D eigenvalue weighted by Gasteiger charge is -2.26. The molecule has 1 amide bonds. The Morgan fingerprint density at radius 2 is 2.10 bits per heavy atom. The summed E-state index contributed by atoms with van der Waals surface area (Å²) in [4.78, 5) is 18.2. The maximum Gasteiger partial charge on any atom is 0.225 e. The third-order valence-corrected chi connectivity index (χ3v) is 3.91. The molecule has 0 unspecified atom stereocenters. The molecule has 3 rings (SSSR count). The molecule has 6 nitrogen and oxygen atoms in total. The molecule has 0 spiro atoms. The number of aromatic nitrogens is 1. The number of hydrogen-bond donors (Lipinski definition) is 2. The lowest BCUT2D eigenvalue weighted by atomic mass is 10.1. The number of carbonyl (C=O) groups excluding carboxylic acids is 1. The van der Waals surface area contributed by atoms with Gasteiger partial charge in [-0.05, 0) is 24.5 Å². The second kappa shape index (κ2) is 6.87. The summed E-state index contributed by atoms with van der Waals surface area (Å²) in [7, 11) is 0. The largest absolute Gasteiger partial charge is 0.478 e. The fourth-order valence-corrected chi connectivity index (χ4v) is 2.70. The molecular weight excluding hydrogens is 268 g/mol. The minimum atomic E-state index is 0.0332. The molecule has 6 heteroatoms. The minimum Gasteiger partial charge on any atom is -0.478 e. The molecule has 21 heavy (non-hydrogen) atoms.